The second-order valence-corrected chi connectivity index (χ2v) is 8.83. The van der Waals surface area contributed by atoms with E-state index in [0.717, 1.165) is 24.2 Å². The van der Waals surface area contributed by atoms with E-state index in [-0.39, 0.29) is 12.1 Å². The number of hydrogen-bond donors (Lipinski definition) is 0. The van der Waals surface area contributed by atoms with Crippen molar-refractivity contribution in [2.24, 2.45) is 0 Å². The van der Waals surface area contributed by atoms with Crippen LogP contribution in [0.4, 0.5) is 4.79 Å². The molecule has 176 valence electrons. The van der Waals surface area contributed by atoms with E-state index in [1.165, 1.54) is 11.1 Å². The summed E-state index contributed by atoms with van der Waals surface area (Å²) in [4.78, 5) is 17.6. The van der Waals surface area contributed by atoms with Crippen molar-refractivity contribution in [1.82, 2.24) is 9.80 Å². The normalized spacial score (nSPS) is 14.3. The van der Waals surface area contributed by atoms with Gasteiger partial charge in [-0.05, 0) is 22.3 Å². The van der Waals surface area contributed by atoms with Gasteiger partial charge in [-0.2, -0.15) is 0 Å². The van der Waals surface area contributed by atoms with E-state index in [0.29, 0.717) is 13.1 Å². The molecule has 0 spiro atoms. The number of ether oxygens (including phenoxy) is 1. The van der Waals surface area contributed by atoms with Crippen LogP contribution >= 0.6 is 0 Å². The third kappa shape index (κ3) is 5.44. The van der Waals surface area contributed by atoms with Crippen molar-refractivity contribution >= 4 is 6.09 Å². The Hall–Kier alpha value is -3.89. The molecule has 1 saturated heterocycles. The molecular weight excluding hydrogens is 432 g/mol. The van der Waals surface area contributed by atoms with Crippen LogP contribution in [-0.4, -0.2) is 42.1 Å². The molecule has 0 N–H and O–H groups in total. The van der Waals surface area contributed by atoms with Crippen LogP contribution in [0.25, 0.3) is 0 Å². The minimum absolute atomic E-state index is 0.164. The number of benzene rings is 4. The van der Waals surface area contributed by atoms with Crippen LogP contribution in [0.2, 0.25) is 0 Å². The van der Waals surface area contributed by atoms with Crippen LogP contribution in [0.3, 0.4) is 0 Å². The monoisotopic (exact) mass is 462 g/mol. The van der Waals surface area contributed by atoms with Crippen molar-refractivity contribution in [3.63, 3.8) is 0 Å². The number of rotatable bonds is 6. The zero-order valence-electron chi connectivity index (χ0n) is 19.7. The van der Waals surface area contributed by atoms with Crippen LogP contribution in [-0.2, 0) is 4.74 Å². The van der Waals surface area contributed by atoms with Crippen molar-refractivity contribution in [2.45, 2.75) is 12.1 Å². The molecule has 0 saturated carbocycles. The average molecular weight is 463 g/mol. The molecule has 5 rings (SSSR count). The minimum atomic E-state index is -0.427. The highest BCUT2D eigenvalue weighted by Gasteiger charge is 2.30. The quantitative estimate of drug-likeness (QED) is 0.336. The molecule has 4 nitrogen and oxygen atoms in total. The first-order chi connectivity index (χ1) is 17.3. The van der Waals surface area contributed by atoms with Crippen molar-refractivity contribution in [2.75, 3.05) is 26.2 Å². The molecule has 4 aromatic rings. The van der Waals surface area contributed by atoms with Crippen LogP contribution in [0.1, 0.15) is 34.4 Å². The molecule has 0 aromatic heterocycles. The Balaban J connectivity index is 1.30. The predicted octanol–water partition coefficient (Wildman–Crippen LogP) is 6.32. The zero-order valence-corrected chi connectivity index (χ0v) is 19.7. The lowest BCUT2D eigenvalue weighted by atomic mass is 9.96. The Morgan fingerprint density at radius 2 is 0.914 bits per heavy atom. The highest BCUT2D eigenvalue weighted by Crippen LogP contribution is 2.30. The van der Waals surface area contributed by atoms with Gasteiger partial charge in [0, 0.05) is 26.2 Å². The molecule has 1 aliphatic rings. The Kier molecular flexibility index (Phi) is 7.21. The first-order valence-electron chi connectivity index (χ1n) is 12.2. The van der Waals surface area contributed by atoms with Crippen molar-refractivity contribution in [1.29, 1.82) is 0 Å². The van der Waals surface area contributed by atoms with Gasteiger partial charge >= 0.3 is 6.09 Å². The fraction of sp³-hybridized carbons (Fsp3) is 0.194. The molecule has 0 bridgehead atoms. The Bertz CT molecular complexity index is 1110. The minimum Gasteiger partial charge on any atom is -0.436 e. The lowest BCUT2D eigenvalue weighted by Gasteiger charge is -2.39. The van der Waals surface area contributed by atoms with Gasteiger partial charge in [-0.25, -0.2) is 4.79 Å². The average Bonchev–Trinajstić information content (AvgIpc) is 2.94. The summed E-state index contributed by atoms with van der Waals surface area (Å²) in [5.41, 5.74) is 4.48. The summed E-state index contributed by atoms with van der Waals surface area (Å²) in [6.07, 6.45) is -0.692. The lowest BCUT2D eigenvalue weighted by Crippen LogP contribution is -2.50. The molecule has 4 heteroatoms. The van der Waals surface area contributed by atoms with Gasteiger partial charge in [0.1, 0.15) is 0 Å². The number of nitrogens with zero attached hydrogens (tertiary/aromatic N) is 2. The molecule has 1 aliphatic heterocycles. The highest BCUT2D eigenvalue weighted by molar-refractivity contribution is 5.68. The Morgan fingerprint density at radius 1 is 0.543 bits per heavy atom. The second kappa shape index (κ2) is 11.0. The standard InChI is InChI=1S/C31H30N2O2/c34-31(35-30(27-17-9-3-10-18-27)28-19-11-4-12-20-28)33-23-21-32(22-24-33)29(25-13-5-1-6-14-25)26-15-7-2-8-16-26/h1-20,29-30H,21-24H2. The summed E-state index contributed by atoms with van der Waals surface area (Å²) < 4.78 is 6.10. The number of piperazine rings is 1. The van der Waals surface area contributed by atoms with Gasteiger partial charge in [-0.3, -0.25) is 4.90 Å². The van der Waals surface area contributed by atoms with Crippen molar-refractivity contribution < 1.29 is 9.53 Å². The number of hydrogen-bond acceptors (Lipinski definition) is 3. The number of carbonyl (C=O) groups excluding carboxylic acids is 1. The maximum Gasteiger partial charge on any atom is 0.410 e. The summed E-state index contributed by atoms with van der Waals surface area (Å²) in [7, 11) is 0. The zero-order chi connectivity index (χ0) is 23.9. The van der Waals surface area contributed by atoms with Gasteiger partial charge in [-0.15, -0.1) is 0 Å². The van der Waals surface area contributed by atoms with Crippen molar-refractivity contribution in [3.05, 3.63) is 144 Å². The molecular formula is C31H30N2O2. The van der Waals surface area contributed by atoms with Crippen LogP contribution in [0.15, 0.2) is 121 Å². The van der Waals surface area contributed by atoms with Crippen LogP contribution in [0, 0.1) is 0 Å². The number of carbonyl (C=O) groups is 1. The largest absolute Gasteiger partial charge is 0.436 e. The van der Waals surface area contributed by atoms with Gasteiger partial charge in [-0.1, -0.05) is 121 Å². The maximum absolute atomic E-state index is 13.3. The van der Waals surface area contributed by atoms with E-state index in [4.69, 9.17) is 4.74 Å². The summed E-state index contributed by atoms with van der Waals surface area (Å²) in [6, 6.07) is 41.2. The first kappa shape index (κ1) is 22.9. The molecule has 0 atom stereocenters. The predicted molar refractivity (Wildman–Crippen MR) is 139 cm³/mol. The summed E-state index contributed by atoms with van der Waals surface area (Å²) in [5, 5.41) is 0. The van der Waals surface area contributed by atoms with Gasteiger partial charge in [0.25, 0.3) is 0 Å². The topological polar surface area (TPSA) is 32.8 Å². The summed E-state index contributed by atoms with van der Waals surface area (Å²) in [6.45, 7) is 2.83. The molecule has 1 amide bonds. The number of amides is 1. The molecule has 0 aliphatic carbocycles. The fourth-order valence-corrected chi connectivity index (χ4v) is 4.81. The van der Waals surface area contributed by atoms with E-state index < -0.39 is 6.10 Å². The van der Waals surface area contributed by atoms with E-state index in [1.807, 2.05) is 65.6 Å². The SMILES string of the molecule is O=C(OC(c1ccccc1)c1ccccc1)N1CCN(C(c2ccccc2)c2ccccc2)CC1. The fourth-order valence-electron chi connectivity index (χ4n) is 4.81. The third-order valence-corrected chi connectivity index (χ3v) is 6.59. The van der Waals surface area contributed by atoms with Gasteiger partial charge in [0.15, 0.2) is 6.10 Å². The summed E-state index contributed by atoms with van der Waals surface area (Å²) >= 11 is 0. The van der Waals surface area contributed by atoms with Crippen LogP contribution < -0.4 is 0 Å². The van der Waals surface area contributed by atoms with Crippen LogP contribution in [0.5, 0.6) is 0 Å². The molecule has 0 radical (unpaired) electrons. The highest BCUT2D eigenvalue weighted by atomic mass is 16.6. The van der Waals surface area contributed by atoms with E-state index in [2.05, 4.69) is 65.6 Å². The van der Waals surface area contributed by atoms with Gasteiger partial charge in [0.2, 0.25) is 0 Å². The molecule has 1 heterocycles. The molecule has 1 fully saturated rings. The molecule has 4 aromatic carbocycles. The van der Waals surface area contributed by atoms with Gasteiger partial charge in [0.05, 0.1) is 6.04 Å². The maximum atomic E-state index is 13.3. The van der Waals surface area contributed by atoms with Crippen molar-refractivity contribution in [3.8, 4) is 0 Å². The Morgan fingerprint density at radius 3 is 1.31 bits per heavy atom. The molecule has 0 unspecified atom stereocenters. The van der Waals surface area contributed by atoms with E-state index in [1.54, 1.807) is 0 Å². The Labute approximate surface area is 207 Å². The second-order valence-electron chi connectivity index (χ2n) is 8.83. The first-order valence-corrected chi connectivity index (χ1v) is 12.2. The third-order valence-electron chi connectivity index (χ3n) is 6.59. The molecule has 35 heavy (non-hydrogen) atoms. The van der Waals surface area contributed by atoms with E-state index in [9.17, 15) is 4.79 Å². The lowest BCUT2D eigenvalue weighted by molar-refractivity contribution is 0.0518. The summed E-state index contributed by atoms with van der Waals surface area (Å²) in [5.74, 6) is 0. The van der Waals surface area contributed by atoms with Gasteiger partial charge < -0.3 is 9.64 Å². The smallest absolute Gasteiger partial charge is 0.410 e. The van der Waals surface area contributed by atoms with E-state index >= 15 is 0 Å².